The minimum absolute atomic E-state index is 0.138. The van der Waals surface area contributed by atoms with Gasteiger partial charge in [0.1, 0.15) is 5.60 Å². The van der Waals surface area contributed by atoms with Crippen LogP contribution in [0.3, 0.4) is 0 Å². The van der Waals surface area contributed by atoms with Crippen molar-refractivity contribution < 1.29 is 9.53 Å². The molecule has 1 saturated heterocycles. The Hall–Kier alpha value is -1.51. The lowest BCUT2D eigenvalue weighted by Gasteiger charge is -2.33. The zero-order valence-corrected chi connectivity index (χ0v) is 17.3. The highest BCUT2D eigenvalue weighted by Gasteiger charge is 2.55. The number of nitrogens with zero attached hydrogens (tertiary/aromatic N) is 1. The molecule has 27 heavy (non-hydrogen) atoms. The van der Waals surface area contributed by atoms with Crippen molar-refractivity contribution in [2.45, 2.75) is 83.2 Å². The molecule has 148 valence electrons. The summed E-state index contributed by atoms with van der Waals surface area (Å²) in [5.74, 6) is 1.67. The van der Waals surface area contributed by atoms with E-state index in [-0.39, 0.29) is 6.09 Å². The van der Waals surface area contributed by atoms with Gasteiger partial charge in [-0.3, -0.25) is 0 Å². The quantitative estimate of drug-likeness (QED) is 0.683. The molecule has 2 fully saturated rings. The van der Waals surface area contributed by atoms with Gasteiger partial charge in [0.15, 0.2) is 0 Å². The number of likely N-dealkylation sites (tertiary alicyclic amines) is 1. The summed E-state index contributed by atoms with van der Waals surface area (Å²) in [5.41, 5.74) is 3.40. The van der Waals surface area contributed by atoms with Gasteiger partial charge < -0.3 is 9.64 Å². The van der Waals surface area contributed by atoms with E-state index in [0.717, 1.165) is 37.8 Å². The summed E-state index contributed by atoms with van der Waals surface area (Å²) in [7, 11) is 0. The predicted octanol–water partition coefficient (Wildman–Crippen LogP) is 5.71. The van der Waals surface area contributed by atoms with E-state index in [1.807, 2.05) is 25.7 Å². The Morgan fingerprint density at radius 3 is 2.67 bits per heavy atom. The Labute approximate surface area is 164 Å². The van der Waals surface area contributed by atoms with E-state index in [4.69, 9.17) is 4.74 Å². The van der Waals surface area contributed by atoms with Crippen molar-refractivity contribution in [3.63, 3.8) is 0 Å². The molecule has 3 aliphatic rings. The van der Waals surface area contributed by atoms with Crippen LogP contribution in [0.15, 0.2) is 24.3 Å². The molecular formula is C24H35NO2. The molecule has 0 N–H and O–H groups in total. The van der Waals surface area contributed by atoms with Gasteiger partial charge in [-0.15, -0.1) is 0 Å². The molecule has 4 rings (SSSR count). The van der Waals surface area contributed by atoms with Crippen molar-refractivity contribution in [3.05, 3.63) is 35.4 Å². The van der Waals surface area contributed by atoms with Gasteiger partial charge in [-0.25, -0.2) is 4.79 Å². The fraction of sp³-hybridized carbons (Fsp3) is 0.708. The molecule has 2 unspecified atom stereocenters. The van der Waals surface area contributed by atoms with Crippen molar-refractivity contribution in [1.82, 2.24) is 4.90 Å². The summed E-state index contributed by atoms with van der Waals surface area (Å²) < 4.78 is 5.52. The Kier molecular flexibility index (Phi) is 4.98. The third-order valence-corrected chi connectivity index (χ3v) is 7.04. The molecule has 1 spiro atoms. The number of hydrogen-bond acceptors (Lipinski definition) is 2. The van der Waals surface area contributed by atoms with Crippen LogP contribution in [-0.4, -0.2) is 29.7 Å². The van der Waals surface area contributed by atoms with E-state index in [0.29, 0.717) is 5.41 Å². The summed E-state index contributed by atoms with van der Waals surface area (Å²) in [4.78, 5) is 14.1. The van der Waals surface area contributed by atoms with Gasteiger partial charge in [-0.05, 0) is 94.1 Å². The standard InChI is InChI=1S/C24H35NO2/c1-23(2,3)27-22(26)25-15-12-18(13-16-25)10-11-20-17-24(20)14-6-8-19-7-4-5-9-21(19)24/h4-5,7,9,18,20H,6,8,10-17H2,1-3H3. The average Bonchev–Trinajstić information content (AvgIpc) is 3.32. The molecule has 1 aromatic carbocycles. The molecular weight excluding hydrogens is 334 g/mol. The molecule has 1 aromatic rings. The van der Waals surface area contributed by atoms with Gasteiger partial charge in [0.25, 0.3) is 0 Å². The van der Waals surface area contributed by atoms with Crippen molar-refractivity contribution in [2.75, 3.05) is 13.1 Å². The molecule has 1 saturated carbocycles. The lowest BCUT2D eigenvalue weighted by atomic mass is 9.77. The van der Waals surface area contributed by atoms with Gasteiger partial charge in [-0.2, -0.15) is 0 Å². The van der Waals surface area contributed by atoms with Crippen LogP contribution in [0.25, 0.3) is 0 Å². The van der Waals surface area contributed by atoms with Crippen LogP contribution in [0.1, 0.15) is 76.8 Å². The molecule has 2 aliphatic carbocycles. The second kappa shape index (κ2) is 7.14. The number of carbonyl (C=O) groups excluding carboxylic acids is 1. The zero-order valence-electron chi connectivity index (χ0n) is 17.3. The lowest BCUT2D eigenvalue weighted by Crippen LogP contribution is -2.41. The number of fused-ring (bicyclic) bond motifs is 2. The third kappa shape index (κ3) is 4.02. The molecule has 2 atom stereocenters. The zero-order chi connectivity index (χ0) is 19.1. The molecule has 3 nitrogen and oxygen atoms in total. The number of hydrogen-bond donors (Lipinski definition) is 0. The van der Waals surface area contributed by atoms with Crippen molar-refractivity contribution in [3.8, 4) is 0 Å². The van der Waals surface area contributed by atoms with Crippen LogP contribution in [0, 0.1) is 11.8 Å². The molecule has 1 amide bonds. The summed E-state index contributed by atoms with van der Waals surface area (Å²) in [6.45, 7) is 7.53. The smallest absolute Gasteiger partial charge is 0.410 e. The van der Waals surface area contributed by atoms with Crippen molar-refractivity contribution in [1.29, 1.82) is 0 Å². The minimum Gasteiger partial charge on any atom is -0.444 e. The van der Waals surface area contributed by atoms with Gasteiger partial charge in [0.2, 0.25) is 0 Å². The van der Waals surface area contributed by atoms with Crippen molar-refractivity contribution in [2.24, 2.45) is 11.8 Å². The van der Waals surface area contributed by atoms with E-state index in [9.17, 15) is 4.79 Å². The average molecular weight is 370 g/mol. The van der Waals surface area contributed by atoms with Gasteiger partial charge in [0.05, 0.1) is 0 Å². The van der Waals surface area contributed by atoms with Gasteiger partial charge in [-0.1, -0.05) is 30.7 Å². The highest BCUT2D eigenvalue weighted by molar-refractivity contribution is 5.68. The fourth-order valence-electron chi connectivity index (χ4n) is 5.52. The molecule has 0 radical (unpaired) electrons. The van der Waals surface area contributed by atoms with Crippen LogP contribution in [0.2, 0.25) is 0 Å². The third-order valence-electron chi connectivity index (χ3n) is 7.04. The Balaban J connectivity index is 1.25. The topological polar surface area (TPSA) is 29.5 Å². The first kappa shape index (κ1) is 18.8. The van der Waals surface area contributed by atoms with E-state index < -0.39 is 5.60 Å². The Bertz CT molecular complexity index is 684. The number of amides is 1. The largest absolute Gasteiger partial charge is 0.444 e. The van der Waals surface area contributed by atoms with E-state index in [1.165, 1.54) is 38.5 Å². The summed E-state index contributed by atoms with van der Waals surface area (Å²) >= 11 is 0. The molecule has 1 heterocycles. The van der Waals surface area contributed by atoms with E-state index >= 15 is 0 Å². The first-order chi connectivity index (χ1) is 12.9. The number of rotatable bonds is 3. The van der Waals surface area contributed by atoms with Gasteiger partial charge >= 0.3 is 6.09 Å². The molecule has 3 heteroatoms. The Morgan fingerprint density at radius 1 is 1.19 bits per heavy atom. The first-order valence-corrected chi connectivity index (χ1v) is 10.9. The second-order valence-corrected chi connectivity index (χ2v) is 10.1. The number of aryl methyl sites for hydroxylation is 1. The molecule has 1 aliphatic heterocycles. The minimum atomic E-state index is -0.398. The fourth-order valence-corrected chi connectivity index (χ4v) is 5.52. The first-order valence-electron chi connectivity index (χ1n) is 10.9. The number of ether oxygens (including phenoxy) is 1. The van der Waals surface area contributed by atoms with Crippen LogP contribution in [-0.2, 0) is 16.6 Å². The normalized spacial score (nSPS) is 28.1. The predicted molar refractivity (Wildman–Crippen MR) is 109 cm³/mol. The number of piperidine rings is 1. The Morgan fingerprint density at radius 2 is 1.93 bits per heavy atom. The van der Waals surface area contributed by atoms with Crippen molar-refractivity contribution >= 4 is 6.09 Å². The van der Waals surface area contributed by atoms with Crippen LogP contribution in [0.5, 0.6) is 0 Å². The van der Waals surface area contributed by atoms with Crippen LogP contribution in [0.4, 0.5) is 4.79 Å². The summed E-state index contributed by atoms with van der Waals surface area (Å²) in [5, 5.41) is 0. The maximum absolute atomic E-state index is 12.2. The van der Waals surface area contributed by atoms with E-state index in [1.54, 1.807) is 11.1 Å². The SMILES string of the molecule is CC(C)(C)OC(=O)N1CCC(CCC2CC23CCCc2ccccc23)CC1. The highest BCUT2D eigenvalue weighted by atomic mass is 16.6. The highest BCUT2D eigenvalue weighted by Crippen LogP contribution is 2.62. The second-order valence-electron chi connectivity index (χ2n) is 10.1. The van der Waals surface area contributed by atoms with Crippen LogP contribution < -0.4 is 0 Å². The van der Waals surface area contributed by atoms with E-state index in [2.05, 4.69) is 24.3 Å². The molecule has 0 bridgehead atoms. The number of benzene rings is 1. The maximum Gasteiger partial charge on any atom is 0.410 e. The summed E-state index contributed by atoms with van der Waals surface area (Å²) in [6.07, 6.45) is 10.3. The molecule has 0 aromatic heterocycles. The maximum atomic E-state index is 12.2. The van der Waals surface area contributed by atoms with Crippen LogP contribution >= 0.6 is 0 Å². The summed E-state index contributed by atoms with van der Waals surface area (Å²) in [6, 6.07) is 9.17. The lowest BCUT2D eigenvalue weighted by molar-refractivity contribution is 0.0180. The van der Waals surface area contributed by atoms with Gasteiger partial charge in [0, 0.05) is 13.1 Å². The number of carbonyl (C=O) groups is 1. The monoisotopic (exact) mass is 369 g/mol.